The first-order valence-electron chi connectivity index (χ1n) is 10.0. The van der Waals surface area contributed by atoms with Gasteiger partial charge in [0.1, 0.15) is 17.3 Å². The average Bonchev–Trinajstić information content (AvgIpc) is 3.33. The van der Waals surface area contributed by atoms with Crippen molar-refractivity contribution in [1.29, 1.82) is 0 Å². The fraction of sp³-hybridized carbons (Fsp3) is 0.500. The minimum atomic E-state index is 0.0901. The topological polar surface area (TPSA) is 71.6 Å². The highest BCUT2D eigenvalue weighted by Crippen LogP contribution is 2.20. The molecule has 3 aromatic heterocycles. The van der Waals surface area contributed by atoms with E-state index >= 15 is 0 Å². The van der Waals surface area contributed by atoms with Crippen LogP contribution in [0.4, 0.5) is 5.82 Å². The molecular weight excluding hydrogens is 354 g/mol. The number of nitrogens with zero attached hydrogens (tertiary/aromatic N) is 7. The van der Waals surface area contributed by atoms with Crippen LogP contribution in [0.15, 0.2) is 24.4 Å². The van der Waals surface area contributed by atoms with E-state index in [0.29, 0.717) is 18.9 Å². The third-order valence-electron chi connectivity index (χ3n) is 5.39. The Morgan fingerprint density at radius 1 is 1.14 bits per heavy atom. The second kappa shape index (κ2) is 7.61. The monoisotopic (exact) mass is 381 g/mol. The van der Waals surface area contributed by atoms with Crippen LogP contribution in [0.3, 0.4) is 0 Å². The summed E-state index contributed by atoms with van der Waals surface area (Å²) in [6, 6.07) is 5.94. The van der Waals surface area contributed by atoms with Crippen molar-refractivity contribution in [3.8, 4) is 0 Å². The van der Waals surface area contributed by atoms with Crippen molar-refractivity contribution in [3.63, 3.8) is 0 Å². The summed E-state index contributed by atoms with van der Waals surface area (Å²) in [5.74, 6) is 2.64. The van der Waals surface area contributed by atoms with E-state index in [9.17, 15) is 4.79 Å². The highest BCUT2D eigenvalue weighted by molar-refractivity contribution is 5.92. The van der Waals surface area contributed by atoms with E-state index < -0.39 is 0 Å². The van der Waals surface area contributed by atoms with Gasteiger partial charge in [-0.2, -0.15) is 4.98 Å². The first kappa shape index (κ1) is 18.5. The lowest BCUT2D eigenvalue weighted by Gasteiger charge is -2.35. The number of anilines is 1. The van der Waals surface area contributed by atoms with Gasteiger partial charge >= 0.3 is 0 Å². The summed E-state index contributed by atoms with van der Waals surface area (Å²) in [7, 11) is 1.90. The maximum absolute atomic E-state index is 12.7. The number of rotatable bonds is 5. The Morgan fingerprint density at radius 2 is 1.93 bits per heavy atom. The van der Waals surface area contributed by atoms with Crippen LogP contribution < -0.4 is 4.90 Å². The van der Waals surface area contributed by atoms with Crippen LogP contribution in [-0.4, -0.2) is 61.1 Å². The molecule has 0 atom stereocenters. The van der Waals surface area contributed by atoms with Crippen LogP contribution in [-0.2, 0) is 19.9 Å². The lowest BCUT2D eigenvalue weighted by atomic mass is 10.2. The molecule has 0 bridgehead atoms. The van der Waals surface area contributed by atoms with E-state index in [1.165, 1.54) is 5.69 Å². The van der Waals surface area contributed by atoms with Crippen molar-refractivity contribution in [2.45, 2.75) is 33.1 Å². The second-order valence-electron chi connectivity index (χ2n) is 7.24. The molecule has 1 aliphatic rings. The molecule has 0 unspecified atom stereocenters. The van der Waals surface area contributed by atoms with Crippen molar-refractivity contribution >= 4 is 17.5 Å². The molecule has 0 radical (unpaired) electrons. The van der Waals surface area contributed by atoms with Crippen molar-refractivity contribution in [1.82, 2.24) is 29.0 Å². The highest BCUT2D eigenvalue weighted by atomic mass is 16.2. The molecule has 0 aromatic carbocycles. The zero-order chi connectivity index (χ0) is 19.7. The van der Waals surface area contributed by atoms with E-state index in [1.807, 2.05) is 34.8 Å². The van der Waals surface area contributed by atoms with Gasteiger partial charge < -0.3 is 14.4 Å². The maximum atomic E-state index is 12.7. The number of carbonyl (C=O) groups excluding carboxylic acids is 1. The molecule has 148 valence electrons. The van der Waals surface area contributed by atoms with Gasteiger partial charge in [0.2, 0.25) is 0 Å². The molecule has 8 heteroatoms. The van der Waals surface area contributed by atoms with Gasteiger partial charge in [-0.1, -0.05) is 20.3 Å². The van der Waals surface area contributed by atoms with Crippen LogP contribution in [0.2, 0.25) is 0 Å². The Balaban J connectivity index is 1.54. The van der Waals surface area contributed by atoms with E-state index in [1.54, 1.807) is 0 Å². The third-order valence-corrected chi connectivity index (χ3v) is 5.39. The first-order valence-corrected chi connectivity index (χ1v) is 10.0. The Morgan fingerprint density at radius 3 is 2.57 bits per heavy atom. The highest BCUT2D eigenvalue weighted by Gasteiger charge is 2.25. The molecule has 0 spiro atoms. The number of hydrogen-bond donors (Lipinski definition) is 0. The Kier molecular flexibility index (Phi) is 5.02. The molecule has 0 saturated carbocycles. The third kappa shape index (κ3) is 3.23. The van der Waals surface area contributed by atoms with Gasteiger partial charge in [0.25, 0.3) is 11.7 Å². The maximum Gasteiger partial charge on any atom is 0.270 e. The molecule has 0 N–H and O–H groups in total. The fourth-order valence-corrected chi connectivity index (χ4v) is 3.84. The molecule has 1 aliphatic heterocycles. The molecule has 8 nitrogen and oxygen atoms in total. The lowest BCUT2D eigenvalue weighted by molar-refractivity contribution is 0.0737. The molecule has 1 amide bonds. The minimum Gasteiger partial charge on any atom is -0.353 e. The van der Waals surface area contributed by atoms with Gasteiger partial charge in [0, 0.05) is 57.6 Å². The molecule has 4 rings (SSSR count). The van der Waals surface area contributed by atoms with Crippen molar-refractivity contribution < 1.29 is 4.79 Å². The Hall–Kier alpha value is -2.90. The second-order valence-corrected chi connectivity index (χ2v) is 7.24. The van der Waals surface area contributed by atoms with Gasteiger partial charge in [0.05, 0.1) is 0 Å². The smallest absolute Gasteiger partial charge is 0.270 e. The molecule has 4 heterocycles. The van der Waals surface area contributed by atoms with Crippen LogP contribution >= 0.6 is 0 Å². The van der Waals surface area contributed by atoms with Crippen molar-refractivity contribution in [2.24, 2.45) is 7.05 Å². The summed E-state index contributed by atoms with van der Waals surface area (Å²) >= 11 is 0. The lowest BCUT2D eigenvalue weighted by Crippen LogP contribution is -2.49. The summed E-state index contributed by atoms with van der Waals surface area (Å²) in [4.78, 5) is 21.6. The first-order chi connectivity index (χ1) is 13.6. The normalized spacial score (nSPS) is 14.8. The summed E-state index contributed by atoms with van der Waals surface area (Å²) < 4.78 is 3.96. The Bertz CT molecular complexity index is 982. The van der Waals surface area contributed by atoms with E-state index in [4.69, 9.17) is 4.98 Å². The summed E-state index contributed by atoms with van der Waals surface area (Å²) in [5.41, 5.74) is 1.93. The van der Waals surface area contributed by atoms with Crippen molar-refractivity contribution in [3.05, 3.63) is 41.6 Å². The number of aromatic nitrogens is 5. The van der Waals surface area contributed by atoms with E-state index in [0.717, 1.165) is 49.7 Å². The fourth-order valence-electron chi connectivity index (χ4n) is 3.84. The van der Waals surface area contributed by atoms with Gasteiger partial charge in [-0.25, -0.2) is 0 Å². The number of hydrogen-bond acceptors (Lipinski definition) is 5. The zero-order valence-corrected chi connectivity index (χ0v) is 16.8. The number of piperazine rings is 1. The van der Waals surface area contributed by atoms with Gasteiger partial charge in [-0.3, -0.25) is 9.20 Å². The molecule has 0 aliphatic carbocycles. The van der Waals surface area contributed by atoms with Gasteiger partial charge in [-0.15, -0.1) is 10.2 Å². The molecule has 3 aromatic rings. The molecule has 1 fully saturated rings. The summed E-state index contributed by atoms with van der Waals surface area (Å²) in [5, 5.41) is 8.57. The molecule has 1 saturated heterocycles. The van der Waals surface area contributed by atoms with Crippen LogP contribution in [0.1, 0.15) is 42.3 Å². The number of carbonyl (C=O) groups is 1. The number of amides is 1. The minimum absolute atomic E-state index is 0.0901. The quantitative estimate of drug-likeness (QED) is 0.675. The van der Waals surface area contributed by atoms with Gasteiger partial charge in [-0.05, 0) is 18.6 Å². The van der Waals surface area contributed by atoms with E-state index in [2.05, 4.69) is 39.4 Å². The van der Waals surface area contributed by atoms with Crippen LogP contribution in [0, 0.1) is 0 Å². The predicted molar refractivity (Wildman–Crippen MR) is 108 cm³/mol. The standard InChI is InChI=1S/C20H27N7O/c1-4-7-15-14-18(21-20-23-22-17(5-2)27(15)20)25-10-12-26(13-11-25)19(28)16-8-6-9-24(16)3/h6,8-9,14H,4-5,7,10-13H2,1-3H3. The average molecular weight is 381 g/mol. The Labute approximate surface area is 164 Å². The van der Waals surface area contributed by atoms with Gasteiger partial charge in [0.15, 0.2) is 0 Å². The van der Waals surface area contributed by atoms with Crippen LogP contribution in [0.25, 0.3) is 5.78 Å². The summed E-state index contributed by atoms with van der Waals surface area (Å²) in [6.07, 6.45) is 4.75. The van der Waals surface area contributed by atoms with E-state index in [-0.39, 0.29) is 5.91 Å². The number of fused-ring (bicyclic) bond motifs is 1. The number of aryl methyl sites for hydroxylation is 3. The summed E-state index contributed by atoms with van der Waals surface area (Å²) in [6.45, 7) is 7.16. The largest absolute Gasteiger partial charge is 0.353 e. The predicted octanol–water partition coefficient (Wildman–Crippen LogP) is 1.94. The zero-order valence-electron chi connectivity index (χ0n) is 16.8. The SMILES string of the molecule is CCCc1cc(N2CCN(C(=O)c3cccn3C)CC2)nc2nnc(CC)n12. The van der Waals surface area contributed by atoms with Crippen LogP contribution in [0.5, 0.6) is 0 Å². The van der Waals surface area contributed by atoms with Crippen molar-refractivity contribution in [2.75, 3.05) is 31.1 Å². The molecule has 28 heavy (non-hydrogen) atoms. The molecular formula is C20H27N7O.